The molecule has 7 nitrogen and oxygen atoms in total. The lowest BCUT2D eigenvalue weighted by Gasteiger charge is -2.56. The molecule has 4 fully saturated rings. The molecule has 1 aliphatic heterocycles. The van der Waals surface area contributed by atoms with Crippen LogP contribution >= 0.6 is 0 Å². The van der Waals surface area contributed by atoms with E-state index in [1.807, 2.05) is 12.1 Å². The first-order valence-corrected chi connectivity index (χ1v) is 13.2. The van der Waals surface area contributed by atoms with Gasteiger partial charge in [-0.2, -0.15) is 0 Å². The van der Waals surface area contributed by atoms with Gasteiger partial charge in [0.15, 0.2) is 0 Å². The summed E-state index contributed by atoms with van der Waals surface area (Å²) in [4.78, 5) is 24.6. The molecule has 0 unspecified atom stereocenters. The van der Waals surface area contributed by atoms with Gasteiger partial charge in [0.25, 0.3) is 0 Å². The lowest BCUT2D eigenvalue weighted by molar-refractivity contribution is -0.124. The molecule has 4 aliphatic carbocycles. The third-order valence-corrected chi connectivity index (χ3v) is 8.73. The highest BCUT2D eigenvalue weighted by molar-refractivity contribution is 5.91. The first-order valence-electron chi connectivity index (χ1n) is 13.2. The molecule has 1 aromatic heterocycles. The van der Waals surface area contributed by atoms with Gasteiger partial charge in [0.2, 0.25) is 5.91 Å². The maximum atomic E-state index is 13.2. The van der Waals surface area contributed by atoms with E-state index in [2.05, 4.69) is 32.3 Å². The van der Waals surface area contributed by atoms with Gasteiger partial charge in [-0.05, 0) is 85.8 Å². The van der Waals surface area contributed by atoms with Crippen molar-refractivity contribution in [1.82, 2.24) is 14.9 Å². The van der Waals surface area contributed by atoms with Gasteiger partial charge in [-0.15, -0.1) is 0 Å². The van der Waals surface area contributed by atoms with E-state index in [4.69, 9.17) is 9.84 Å². The minimum Gasteiger partial charge on any atom is -0.491 e. The molecule has 7 heteroatoms. The number of aliphatic hydroxyl groups is 1. The minimum absolute atomic E-state index is 0.0154. The SMILES string of the molecule is O=C(CC12CC3CC(CC(C3)C1)C2)Nc1ncnc2c1CCN(Cc1ccc(OCCO)cc1)C2. The summed E-state index contributed by atoms with van der Waals surface area (Å²) in [5, 5.41) is 12.1. The normalized spacial score (nSPS) is 29.1. The molecule has 2 aromatic rings. The van der Waals surface area contributed by atoms with Crippen LogP contribution in [0.1, 0.15) is 61.8 Å². The second kappa shape index (κ2) is 9.51. The standard InChI is InChI=1S/C28H36N4O3/c33-7-8-35-23-3-1-19(2-4-23)16-32-6-5-24-25(17-32)29-18-30-27(24)31-26(34)15-28-12-20-9-21(13-28)11-22(10-20)14-28/h1-4,18,20-22,33H,5-17H2,(H,29,30,31,34). The zero-order chi connectivity index (χ0) is 23.8. The molecule has 2 heterocycles. The molecule has 1 amide bonds. The van der Waals surface area contributed by atoms with Gasteiger partial charge in [0.1, 0.15) is 24.5 Å². The lowest BCUT2D eigenvalue weighted by atomic mass is 9.49. The fourth-order valence-corrected chi connectivity index (χ4v) is 7.79. The Kier molecular flexibility index (Phi) is 6.23. The van der Waals surface area contributed by atoms with Crippen molar-refractivity contribution in [3.8, 4) is 5.75 Å². The summed E-state index contributed by atoms with van der Waals surface area (Å²) >= 11 is 0. The highest BCUT2D eigenvalue weighted by Gasteiger charge is 2.51. The first kappa shape index (κ1) is 22.9. The topological polar surface area (TPSA) is 87.6 Å². The van der Waals surface area contributed by atoms with Crippen molar-refractivity contribution in [2.24, 2.45) is 23.2 Å². The number of ether oxygens (including phenoxy) is 1. The Balaban J connectivity index is 1.07. The summed E-state index contributed by atoms with van der Waals surface area (Å²) in [7, 11) is 0. The number of nitrogens with zero attached hydrogens (tertiary/aromatic N) is 3. The van der Waals surface area contributed by atoms with Gasteiger partial charge in [-0.1, -0.05) is 12.1 Å². The summed E-state index contributed by atoms with van der Waals surface area (Å²) in [5.41, 5.74) is 3.55. The Morgan fingerprint density at radius 3 is 2.49 bits per heavy atom. The molecule has 1 aromatic carbocycles. The molecule has 4 saturated carbocycles. The number of hydrogen-bond donors (Lipinski definition) is 2. The molecule has 35 heavy (non-hydrogen) atoms. The smallest absolute Gasteiger partial charge is 0.226 e. The van der Waals surface area contributed by atoms with E-state index in [0.717, 1.165) is 66.6 Å². The maximum absolute atomic E-state index is 13.2. The maximum Gasteiger partial charge on any atom is 0.226 e. The zero-order valence-corrected chi connectivity index (χ0v) is 20.4. The summed E-state index contributed by atoms with van der Waals surface area (Å²) in [6.07, 6.45) is 11.0. The van der Waals surface area contributed by atoms with E-state index < -0.39 is 0 Å². The Labute approximate surface area is 207 Å². The van der Waals surface area contributed by atoms with E-state index >= 15 is 0 Å². The third kappa shape index (κ3) is 4.94. The number of carbonyl (C=O) groups excluding carboxylic acids is 1. The number of aliphatic hydroxyl groups excluding tert-OH is 1. The Bertz CT molecular complexity index is 1040. The number of anilines is 1. The van der Waals surface area contributed by atoms with Crippen molar-refractivity contribution >= 4 is 11.7 Å². The summed E-state index contributed by atoms with van der Waals surface area (Å²) in [6.45, 7) is 2.81. The molecule has 0 atom stereocenters. The van der Waals surface area contributed by atoms with Crippen LogP contribution in [0.15, 0.2) is 30.6 Å². The van der Waals surface area contributed by atoms with Crippen LogP contribution < -0.4 is 10.1 Å². The summed E-state index contributed by atoms with van der Waals surface area (Å²) in [6, 6.07) is 8.03. The number of benzene rings is 1. The second-order valence-corrected chi connectivity index (χ2v) is 11.5. The third-order valence-electron chi connectivity index (χ3n) is 8.73. The minimum atomic E-state index is 0.0154. The van der Waals surface area contributed by atoms with Gasteiger partial charge in [-0.3, -0.25) is 9.69 Å². The van der Waals surface area contributed by atoms with E-state index in [0.29, 0.717) is 13.0 Å². The number of carbonyl (C=O) groups is 1. The number of nitrogens with one attached hydrogen (secondary N) is 1. The van der Waals surface area contributed by atoms with Gasteiger partial charge < -0.3 is 15.2 Å². The fourth-order valence-electron chi connectivity index (χ4n) is 7.79. The zero-order valence-electron chi connectivity index (χ0n) is 20.4. The van der Waals surface area contributed by atoms with E-state index in [9.17, 15) is 4.79 Å². The molecule has 5 aliphatic rings. The number of hydrogen-bond acceptors (Lipinski definition) is 6. The highest BCUT2D eigenvalue weighted by atomic mass is 16.5. The molecule has 0 spiro atoms. The Hall–Kier alpha value is -2.51. The average Bonchev–Trinajstić information content (AvgIpc) is 2.82. The van der Waals surface area contributed by atoms with Crippen LogP contribution in [-0.4, -0.2) is 45.6 Å². The van der Waals surface area contributed by atoms with Gasteiger partial charge in [0.05, 0.1) is 12.3 Å². The quantitative estimate of drug-likeness (QED) is 0.600. The molecule has 186 valence electrons. The second-order valence-electron chi connectivity index (χ2n) is 11.5. The molecule has 2 N–H and O–H groups in total. The molecular formula is C28H36N4O3. The van der Waals surface area contributed by atoms with Gasteiger partial charge >= 0.3 is 0 Å². The lowest BCUT2D eigenvalue weighted by Crippen LogP contribution is -2.47. The number of fused-ring (bicyclic) bond motifs is 1. The highest BCUT2D eigenvalue weighted by Crippen LogP contribution is 2.61. The molecule has 0 radical (unpaired) electrons. The molecule has 7 rings (SSSR count). The van der Waals surface area contributed by atoms with E-state index in [1.54, 1.807) is 6.33 Å². The van der Waals surface area contributed by atoms with Crippen molar-refractivity contribution in [1.29, 1.82) is 0 Å². The van der Waals surface area contributed by atoms with Crippen LogP contribution in [0, 0.1) is 23.2 Å². The van der Waals surface area contributed by atoms with Crippen LogP contribution in [-0.2, 0) is 24.3 Å². The van der Waals surface area contributed by atoms with Crippen LogP contribution in [0.25, 0.3) is 0 Å². The van der Waals surface area contributed by atoms with Gasteiger partial charge in [0, 0.05) is 31.6 Å². The number of amides is 1. The predicted molar refractivity (Wildman–Crippen MR) is 133 cm³/mol. The van der Waals surface area contributed by atoms with Crippen molar-refractivity contribution in [3.63, 3.8) is 0 Å². The van der Waals surface area contributed by atoms with E-state index in [-0.39, 0.29) is 17.9 Å². The molecule has 4 bridgehead atoms. The fraction of sp³-hybridized carbons (Fsp3) is 0.607. The van der Waals surface area contributed by atoms with E-state index in [1.165, 1.54) is 44.1 Å². The van der Waals surface area contributed by atoms with Gasteiger partial charge in [-0.25, -0.2) is 9.97 Å². The van der Waals surface area contributed by atoms with Crippen molar-refractivity contribution < 1.29 is 14.6 Å². The summed E-state index contributed by atoms with van der Waals surface area (Å²) in [5.74, 6) is 4.20. The van der Waals surface area contributed by atoms with Crippen LogP contribution in [0.5, 0.6) is 5.75 Å². The Morgan fingerprint density at radius 2 is 1.80 bits per heavy atom. The average molecular weight is 477 g/mol. The van der Waals surface area contributed by atoms with Crippen molar-refractivity contribution in [3.05, 3.63) is 47.4 Å². The van der Waals surface area contributed by atoms with Crippen LogP contribution in [0.4, 0.5) is 5.82 Å². The monoisotopic (exact) mass is 476 g/mol. The summed E-state index contributed by atoms with van der Waals surface area (Å²) < 4.78 is 5.45. The molecular weight excluding hydrogens is 440 g/mol. The van der Waals surface area contributed by atoms with Crippen molar-refractivity contribution in [2.75, 3.05) is 25.1 Å². The Morgan fingerprint density at radius 1 is 1.09 bits per heavy atom. The number of aromatic nitrogens is 2. The predicted octanol–water partition coefficient (Wildman–Crippen LogP) is 3.95. The number of rotatable bonds is 8. The van der Waals surface area contributed by atoms with Crippen LogP contribution in [0.3, 0.4) is 0 Å². The first-order chi connectivity index (χ1) is 17.1. The largest absolute Gasteiger partial charge is 0.491 e. The van der Waals surface area contributed by atoms with Crippen LogP contribution in [0.2, 0.25) is 0 Å². The van der Waals surface area contributed by atoms with Crippen molar-refractivity contribution in [2.45, 2.75) is 64.5 Å². The molecule has 0 saturated heterocycles.